The van der Waals surface area contributed by atoms with Crippen molar-refractivity contribution in [3.8, 4) is 0 Å². The summed E-state index contributed by atoms with van der Waals surface area (Å²) in [4.78, 5) is 0. The Hall–Kier alpha value is -0.820. The third-order valence-corrected chi connectivity index (χ3v) is 5.19. The molecule has 1 heteroatoms. The van der Waals surface area contributed by atoms with Crippen molar-refractivity contribution in [2.45, 2.75) is 90.6 Å². The van der Waals surface area contributed by atoms with Gasteiger partial charge in [-0.15, -0.1) is 0 Å². The van der Waals surface area contributed by atoms with E-state index >= 15 is 0 Å². The summed E-state index contributed by atoms with van der Waals surface area (Å²) in [7, 11) is 0. The van der Waals surface area contributed by atoms with Crippen LogP contribution in [-0.2, 0) is 17.3 Å². The highest BCUT2D eigenvalue weighted by Gasteiger charge is 2.26. The fourth-order valence-corrected chi connectivity index (χ4v) is 3.65. The van der Waals surface area contributed by atoms with Crippen LogP contribution < -0.4 is 0 Å². The van der Waals surface area contributed by atoms with Crippen LogP contribution in [0.5, 0.6) is 0 Å². The number of rotatable bonds is 3. The van der Waals surface area contributed by atoms with Gasteiger partial charge in [0.1, 0.15) is 0 Å². The van der Waals surface area contributed by atoms with Gasteiger partial charge in [-0.25, -0.2) is 0 Å². The SMILES string of the molecule is CC(C)(C)c1ccc(CC[C@@H]2CCC[C@H]2O)c(C(C)(C)C)c1. The molecule has 2 rings (SSSR count). The van der Waals surface area contributed by atoms with Crippen LogP contribution in [0.3, 0.4) is 0 Å². The number of aryl methyl sites for hydroxylation is 1. The second-order valence-electron chi connectivity index (χ2n) is 9.17. The summed E-state index contributed by atoms with van der Waals surface area (Å²) in [6.45, 7) is 13.8. The molecule has 1 aliphatic carbocycles. The molecule has 22 heavy (non-hydrogen) atoms. The summed E-state index contributed by atoms with van der Waals surface area (Å²) in [5.41, 5.74) is 4.74. The van der Waals surface area contributed by atoms with E-state index in [9.17, 15) is 5.11 Å². The highest BCUT2D eigenvalue weighted by molar-refractivity contribution is 5.39. The smallest absolute Gasteiger partial charge is 0.0568 e. The first-order chi connectivity index (χ1) is 10.1. The fraction of sp³-hybridized carbons (Fsp3) is 0.714. The third kappa shape index (κ3) is 4.13. The van der Waals surface area contributed by atoms with E-state index in [2.05, 4.69) is 59.7 Å². The molecule has 0 bridgehead atoms. The zero-order chi connectivity index (χ0) is 16.5. The molecule has 1 aromatic carbocycles. The maximum Gasteiger partial charge on any atom is 0.0568 e. The van der Waals surface area contributed by atoms with Gasteiger partial charge in [0.05, 0.1) is 6.10 Å². The van der Waals surface area contributed by atoms with E-state index in [0.717, 1.165) is 19.3 Å². The number of benzene rings is 1. The molecule has 1 nitrogen and oxygen atoms in total. The largest absolute Gasteiger partial charge is 0.393 e. The van der Waals surface area contributed by atoms with E-state index < -0.39 is 0 Å². The van der Waals surface area contributed by atoms with Crippen LogP contribution in [0.1, 0.15) is 83.9 Å². The van der Waals surface area contributed by atoms with Crippen LogP contribution >= 0.6 is 0 Å². The van der Waals surface area contributed by atoms with Gasteiger partial charge in [-0.3, -0.25) is 0 Å². The van der Waals surface area contributed by atoms with E-state index in [0.29, 0.717) is 5.92 Å². The molecule has 1 fully saturated rings. The Morgan fingerprint density at radius 2 is 1.68 bits per heavy atom. The van der Waals surface area contributed by atoms with E-state index in [1.165, 1.54) is 29.5 Å². The van der Waals surface area contributed by atoms with E-state index in [1.807, 2.05) is 0 Å². The normalized spacial score (nSPS) is 23.0. The first-order valence-corrected chi connectivity index (χ1v) is 8.91. The minimum atomic E-state index is -0.0630. The Kier molecular flexibility index (Phi) is 5.06. The Morgan fingerprint density at radius 3 is 2.18 bits per heavy atom. The van der Waals surface area contributed by atoms with Gasteiger partial charge < -0.3 is 5.11 Å². The highest BCUT2D eigenvalue weighted by Crippen LogP contribution is 2.34. The predicted octanol–water partition coefficient (Wildman–Crippen LogP) is 5.38. The molecule has 0 unspecified atom stereocenters. The van der Waals surface area contributed by atoms with Crippen LogP contribution in [0, 0.1) is 5.92 Å². The van der Waals surface area contributed by atoms with E-state index in [4.69, 9.17) is 0 Å². The van der Waals surface area contributed by atoms with Crippen molar-refractivity contribution < 1.29 is 5.11 Å². The van der Waals surface area contributed by atoms with Gasteiger partial charge in [-0.05, 0) is 59.1 Å². The van der Waals surface area contributed by atoms with E-state index in [1.54, 1.807) is 0 Å². The van der Waals surface area contributed by atoms with Gasteiger partial charge in [0, 0.05) is 0 Å². The van der Waals surface area contributed by atoms with Crippen molar-refractivity contribution in [1.82, 2.24) is 0 Å². The number of hydrogen-bond acceptors (Lipinski definition) is 1. The predicted molar refractivity (Wildman–Crippen MR) is 95.5 cm³/mol. The number of hydrogen-bond donors (Lipinski definition) is 1. The lowest BCUT2D eigenvalue weighted by molar-refractivity contribution is 0.128. The fourth-order valence-electron chi connectivity index (χ4n) is 3.65. The van der Waals surface area contributed by atoms with E-state index in [-0.39, 0.29) is 16.9 Å². The van der Waals surface area contributed by atoms with Crippen LogP contribution in [-0.4, -0.2) is 11.2 Å². The zero-order valence-electron chi connectivity index (χ0n) is 15.4. The quantitative estimate of drug-likeness (QED) is 0.795. The molecule has 0 radical (unpaired) electrons. The summed E-state index contributed by atoms with van der Waals surface area (Å²) < 4.78 is 0. The van der Waals surface area contributed by atoms with Crippen molar-refractivity contribution in [3.63, 3.8) is 0 Å². The molecule has 0 amide bonds. The summed E-state index contributed by atoms with van der Waals surface area (Å²) in [6, 6.07) is 7.05. The molecule has 0 saturated heterocycles. The second-order valence-corrected chi connectivity index (χ2v) is 9.17. The molecule has 2 atom stereocenters. The van der Waals surface area contributed by atoms with Crippen molar-refractivity contribution in [1.29, 1.82) is 0 Å². The third-order valence-electron chi connectivity index (χ3n) is 5.19. The van der Waals surface area contributed by atoms with Gasteiger partial charge in [0.25, 0.3) is 0 Å². The average molecular weight is 303 g/mol. The Morgan fingerprint density at radius 1 is 1.00 bits per heavy atom. The maximum absolute atomic E-state index is 10.0. The zero-order valence-corrected chi connectivity index (χ0v) is 15.4. The molecule has 1 aromatic rings. The Labute approximate surface area is 137 Å². The molecular weight excluding hydrogens is 268 g/mol. The van der Waals surface area contributed by atoms with Crippen molar-refractivity contribution in [2.75, 3.05) is 0 Å². The van der Waals surface area contributed by atoms with Crippen molar-refractivity contribution >= 4 is 0 Å². The molecule has 0 spiro atoms. The molecular formula is C21H34O. The minimum Gasteiger partial charge on any atom is -0.393 e. The second kappa shape index (κ2) is 6.35. The summed E-state index contributed by atoms with van der Waals surface area (Å²) in [5.74, 6) is 0.509. The Bertz CT molecular complexity index is 502. The van der Waals surface area contributed by atoms with Crippen molar-refractivity contribution in [2.24, 2.45) is 5.92 Å². The van der Waals surface area contributed by atoms with Crippen molar-refractivity contribution in [3.05, 3.63) is 34.9 Å². The molecule has 1 saturated carbocycles. The summed E-state index contributed by atoms with van der Waals surface area (Å²) in [5, 5.41) is 10.0. The summed E-state index contributed by atoms with van der Waals surface area (Å²) >= 11 is 0. The lowest BCUT2D eigenvalue weighted by atomic mass is 9.77. The van der Waals surface area contributed by atoms with Gasteiger partial charge >= 0.3 is 0 Å². The van der Waals surface area contributed by atoms with Gasteiger partial charge in [-0.1, -0.05) is 66.2 Å². The van der Waals surface area contributed by atoms with Crippen LogP contribution in [0.4, 0.5) is 0 Å². The van der Waals surface area contributed by atoms with Gasteiger partial charge in [-0.2, -0.15) is 0 Å². The van der Waals surface area contributed by atoms with Gasteiger partial charge in [0.2, 0.25) is 0 Å². The monoisotopic (exact) mass is 302 g/mol. The van der Waals surface area contributed by atoms with Crippen LogP contribution in [0.2, 0.25) is 0 Å². The molecule has 1 aliphatic rings. The topological polar surface area (TPSA) is 20.2 Å². The molecule has 0 heterocycles. The Balaban J connectivity index is 2.23. The molecule has 0 aliphatic heterocycles. The molecule has 0 aromatic heterocycles. The lowest BCUT2D eigenvalue weighted by Crippen LogP contribution is -2.19. The van der Waals surface area contributed by atoms with Gasteiger partial charge in [0.15, 0.2) is 0 Å². The van der Waals surface area contributed by atoms with Crippen LogP contribution in [0.15, 0.2) is 18.2 Å². The lowest BCUT2D eigenvalue weighted by Gasteiger charge is -2.28. The first kappa shape index (κ1) is 17.5. The average Bonchev–Trinajstić information content (AvgIpc) is 2.79. The maximum atomic E-state index is 10.0. The number of aliphatic hydroxyl groups is 1. The minimum absolute atomic E-state index is 0.0630. The highest BCUT2D eigenvalue weighted by atomic mass is 16.3. The molecule has 1 N–H and O–H groups in total. The summed E-state index contributed by atoms with van der Waals surface area (Å²) in [6.07, 6.45) is 5.55. The van der Waals surface area contributed by atoms with Crippen LogP contribution in [0.25, 0.3) is 0 Å². The molecule has 124 valence electrons. The number of aliphatic hydroxyl groups excluding tert-OH is 1. The standard InChI is InChI=1S/C21H34O/c1-20(2,3)17-13-12-15(18(14-17)21(4,5)6)10-11-16-8-7-9-19(16)22/h12-14,16,19,22H,7-11H2,1-6H3/t16-,19+/m0/s1. The first-order valence-electron chi connectivity index (χ1n) is 8.91.